The van der Waals surface area contributed by atoms with Crippen LogP contribution in [0.1, 0.15) is 36.9 Å². The van der Waals surface area contributed by atoms with E-state index < -0.39 is 0 Å². The third-order valence-corrected chi connectivity index (χ3v) is 4.53. The predicted octanol–water partition coefficient (Wildman–Crippen LogP) is 3.92. The van der Waals surface area contributed by atoms with Gasteiger partial charge in [-0.25, -0.2) is 9.37 Å². The number of aromatic nitrogens is 2. The number of rotatable bonds is 6. The predicted molar refractivity (Wildman–Crippen MR) is 93.7 cm³/mol. The van der Waals surface area contributed by atoms with Crippen LogP contribution in [0.25, 0.3) is 10.6 Å². The lowest BCUT2D eigenvalue weighted by molar-refractivity contribution is -0.120. The van der Waals surface area contributed by atoms with E-state index in [4.69, 9.17) is 4.52 Å². The molecule has 2 aromatic heterocycles. The summed E-state index contributed by atoms with van der Waals surface area (Å²) in [5, 5.41) is 9.25. The van der Waals surface area contributed by atoms with Crippen LogP contribution in [0.3, 0.4) is 0 Å². The highest BCUT2D eigenvalue weighted by atomic mass is 32.1. The number of thiazole rings is 1. The smallest absolute Gasteiger partial charge is 0.226 e. The fourth-order valence-corrected chi connectivity index (χ4v) is 3.06. The van der Waals surface area contributed by atoms with Crippen molar-refractivity contribution in [1.29, 1.82) is 0 Å². The lowest BCUT2D eigenvalue weighted by atomic mass is 10.1. The lowest BCUT2D eigenvalue weighted by Gasteiger charge is -2.01. The van der Waals surface area contributed by atoms with Gasteiger partial charge >= 0.3 is 0 Å². The maximum atomic E-state index is 13.3. The Kier molecular flexibility index (Phi) is 5.23. The van der Waals surface area contributed by atoms with Gasteiger partial charge in [0.1, 0.15) is 10.8 Å². The van der Waals surface area contributed by atoms with Gasteiger partial charge in [0, 0.05) is 17.0 Å². The average Bonchev–Trinajstić information content (AvgIpc) is 3.22. The quantitative estimate of drug-likeness (QED) is 0.724. The monoisotopic (exact) mass is 359 g/mol. The molecule has 25 heavy (non-hydrogen) atoms. The molecule has 0 aliphatic heterocycles. The number of benzene rings is 1. The third kappa shape index (κ3) is 4.51. The van der Waals surface area contributed by atoms with Crippen LogP contribution >= 0.6 is 11.3 Å². The van der Waals surface area contributed by atoms with Crippen molar-refractivity contribution in [3.05, 3.63) is 58.7 Å². The zero-order valence-corrected chi connectivity index (χ0v) is 14.8. The Morgan fingerprint density at radius 2 is 2.20 bits per heavy atom. The van der Waals surface area contributed by atoms with Crippen LogP contribution in [0.2, 0.25) is 0 Å². The third-order valence-electron chi connectivity index (χ3n) is 3.59. The van der Waals surface area contributed by atoms with Crippen molar-refractivity contribution in [2.24, 2.45) is 0 Å². The Hall–Kier alpha value is -2.54. The number of nitrogens with one attached hydrogen (secondary N) is 1. The molecule has 0 radical (unpaired) electrons. The average molecular weight is 359 g/mol. The van der Waals surface area contributed by atoms with Gasteiger partial charge in [-0.15, -0.1) is 11.3 Å². The minimum absolute atomic E-state index is 0.154. The van der Waals surface area contributed by atoms with Gasteiger partial charge in [-0.1, -0.05) is 31.1 Å². The number of hydrogen-bond donors (Lipinski definition) is 1. The van der Waals surface area contributed by atoms with E-state index in [0.29, 0.717) is 28.6 Å². The number of carbonyl (C=O) groups is 1. The Morgan fingerprint density at radius 3 is 2.92 bits per heavy atom. The number of hydrogen-bond acceptors (Lipinski definition) is 5. The van der Waals surface area contributed by atoms with Gasteiger partial charge in [-0.05, 0) is 18.1 Å². The molecule has 0 aliphatic carbocycles. The summed E-state index contributed by atoms with van der Waals surface area (Å²) in [6.07, 6.45) is 0.164. The van der Waals surface area contributed by atoms with Gasteiger partial charge in [-0.3, -0.25) is 4.79 Å². The zero-order chi connectivity index (χ0) is 17.8. The summed E-state index contributed by atoms with van der Waals surface area (Å²) in [4.78, 5) is 16.5. The number of nitrogens with zero attached hydrogens (tertiary/aromatic N) is 2. The summed E-state index contributed by atoms with van der Waals surface area (Å²) in [5.74, 6) is 0.443. The van der Waals surface area contributed by atoms with Crippen molar-refractivity contribution in [2.45, 2.75) is 32.7 Å². The molecule has 0 unspecified atom stereocenters. The second kappa shape index (κ2) is 7.57. The summed E-state index contributed by atoms with van der Waals surface area (Å²) < 4.78 is 18.5. The first-order valence-corrected chi connectivity index (χ1v) is 8.82. The zero-order valence-electron chi connectivity index (χ0n) is 14.0. The molecule has 3 rings (SSSR count). The molecule has 0 saturated carbocycles. The van der Waals surface area contributed by atoms with Crippen molar-refractivity contribution < 1.29 is 13.7 Å². The summed E-state index contributed by atoms with van der Waals surface area (Å²) in [6.45, 7) is 4.34. The van der Waals surface area contributed by atoms with Crippen LogP contribution in [-0.2, 0) is 17.8 Å². The van der Waals surface area contributed by atoms with Gasteiger partial charge in [-0.2, -0.15) is 0 Å². The molecule has 0 atom stereocenters. The molecule has 1 N–H and O–H groups in total. The first kappa shape index (κ1) is 17.3. The van der Waals surface area contributed by atoms with Crippen molar-refractivity contribution in [3.8, 4) is 10.6 Å². The maximum absolute atomic E-state index is 13.3. The summed E-state index contributed by atoms with van der Waals surface area (Å²) in [6, 6.07) is 8.09. The molecule has 5 nitrogen and oxygen atoms in total. The molecule has 0 aliphatic rings. The first-order chi connectivity index (χ1) is 12.0. The van der Waals surface area contributed by atoms with Gasteiger partial charge in [0.25, 0.3) is 0 Å². The topological polar surface area (TPSA) is 68.0 Å². The van der Waals surface area contributed by atoms with E-state index in [-0.39, 0.29) is 24.1 Å². The summed E-state index contributed by atoms with van der Waals surface area (Å²) >= 11 is 1.39. The molecule has 3 aromatic rings. The molecule has 7 heteroatoms. The van der Waals surface area contributed by atoms with Gasteiger partial charge in [0.15, 0.2) is 5.76 Å². The molecule has 1 aromatic carbocycles. The van der Waals surface area contributed by atoms with E-state index in [0.717, 1.165) is 5.69 Å². The molecule has 130 valence electrons. The highest BCUT2D eigenvalue weighted by Gasteiger charge is 2.12. The fourth-order valence-electron chi connectivity index (χ4n) is 2.24. The molecular weight excluding hydrogens is 341 g/mol. The van der Waals surface area contributed by atoms with E-state index in [2.05, 4.69) is 15.5 Å². The highest BCUT2D eigenvalue weighted by Crippen LogP contribution is 2.24. The second-order valence-corrected chi connectivity index (χ2v) is 6.84. The van der Waals surface area contributed by atoms with Crippen LogP contribution in [-0.4, -0.2) is 16.0 Å². The normalized spacial score (nSPS) is 11.0. The van der Waals surface area contributed by atoms with E-state index in [9.17, 15) is 9.18 Å². The molecular formula is C18H18FN3O2S. The highest BCUT2D eigenvalue weighted by molar-refractivity contribution is 7.13. The van der Waals surface area contributed by atoms with Crippen molar-refractivity contribution >= 4 is 17.2 Å². The summed E-state index contributed by atoms with van der Waals surface area (Å²) in [5.41, 5.74) is 2.23. The molecule has 0 spiro atoms. The fraction of sp³-hybridized carbons (Fsp3) is 0.278. The SMILES string of the molecule is CC(C)c1cc(CNC(=O)Cc2csc(-c3cccc(F)c3)n2)on1. The summed E-state index contributed by atoms with van der Waals surface area (Å²) in [7, 11) is 0. The van der Waals surface area contributed by atoms with Gasteiger partial charge in [0.2, 0.25) is 5.91 Å². The lowest BCUT2D eigenvalue weighted by Crippen LogP contribution is -2.24. The Morgan fingerprint density at radius 1 is 1.36 bits per heavy atom. The Bertz CT molecular complexity index is 873. The minimum atomic E-state index is -0.306. The number of carbonyl (C=O) groups excluding carboxylic acids is 1. The largest absolute Gasteiger partial charge is 0.359 e. The molecule has 1 amide bonds. The van der Waals surface area contributed by atoms with Gasteiger partial charge in [0.05, 0.1) is 24.4 Å². The van der Waals surface area contributed by atoms with E-state index in [1.165, 1.54) is 23.5 Å². The second-order valence-electron chi connectivity index (χ2n) is 5.98. The van der Waals surface area contributed by atoms with Crippen LogP contribution in [0.15, 0.2) is 40.2 Å². The van der Waals surface area contributed by atoms with Crippen LogP contribution < -0.4 is 5.32 Å². The molecule has 0 bridgehead atoms. The van der Waals surface area contributed by atoms with E-state index >= 15 is 0 Å². The minimum Gasteiger partial charge on any atom is -0.359 e. The molecule has 0 fully saturated rings. The Labute approximate surface area is 148 Å². The van der Waals surface area contributed by atoms with Crippen LogP contribution in [0.5, 0.6) is 0 Å². The first-order valence-electron chi connectivity index (χ1n) is 7.94. The van der Waals surface area contributed by atoms with Crippen molar-refractivity contribution in [2.75, 3.05) is 0 Å². The van der Waals surface area contributed by atoms with E-state index in [1.54, 1.807) is 12.1 Å². The Balaban J connectivity index is 1.56. The van der Waals surface area contributed by atoms with Crippen molar-refractivity contribution in [1.82, 2.24) is 15.5 Å². The number of halogens is 1. The van der Waals surface area contributed by atoms with Crippen molar-refractivity contribution in [3.63, 3.8) is 0 Å². The molecule has 2 heterocycles. The van der Waals surface area contributed by atoms with E-state index in [1.807, 2.05) is 25.3 Å². The van der Waals surface area contributed by atoms with Crippen LogP contribution in [0, 0.1) is 5.82 Å². The van der Waals surface area contributed by atoms with Crippen LogP contribution in [0.4, 0.5) is 4.39 Å². The van der Waals surface area contributed by atoms with Gasteiger partial charge < -0.3 is 9.84 Å². The molecule has 0 saturated heterocycles. The number of amides is 1. The standard InChI is InChI=1S/C18H18FN3O2S/c1-11(2)16-8-15(24-22-16)9-20-17(23)7-14-10-25-18(21-14)12-4-3-5-13(19)6-12/h3-6,8,10-11H,7,9H2,1-2H3,(H,20,23). The maximum Gasteiger partial charge on any atom is 0.226 e.